The van der Waals surface area contributed by atoms with Gasteiger partial charge in [-0.3, -0.25) is 0 Å². The molecule has 0 saturated heterocycles. The van der Waals surface area contributed by atoms with Crippen LogP contribution in [0.25, 0.3) is 10.9 Å². The Hall–Kier alpha value is -3.40. The van der Waals surface area contributed by atoms with E-state index in [0.29, 0.717) is 35.9 Å². The number of carbonyl (C=O) groups excluding carboxylic acids is 1. The Balaban J connectivity index is 1.70. The molecule has 35 heavy (non-hydrogen) atoms. The van der Waals surface area contributed by atoms with Crippen molar-refractivity contribution in [2.75, 3.05) is 6.26 Å². The molecule has 8 nitrogen and oxygen atoms in total. The molecule has 10 heteroatoms. The number of fused-ring (bicyclic) bond motifs is 3. The number of aromatic nitrogens is 1. The van der Waals surface area contributed by atoms with Crippen LogP contribution in [0.5, 0.6) is 0 Å². The zero-order chi connectivity index (χ0) is 25.3. The highest BCUT2D eigenvalue weighted by Gasteiger charge is 2.33. The van der Waals surface area contributed by atoms with Crippen LogP contribution in [0.15, 0.2) is 47.4 Å². The third kappa shape index (κ3) is 5.02. The lowest BCUT2D eigenvalue weighted by atomic mass is 9.91. The topological polar surface area (TPSA) is 115 Å². The van der Waals surface area contributed by atoms with Crippen LogP contribution in [-0.4, -0.2) is 42.5 Å². The minimum Gasteiger partial charge on any atom is -0.480 e. The summed E-state index contributed by atoms with van der Waals surface area (Å²) in [5.74, 6) is -1.82. The number of carboxylic acid groups (broad SMARTS) is 1. The maximum atomic E-state index is 14.5. The Labute approximate surface area is 202 Å². The number of carbonyl (C=O) groups is 2. The molecule has 186 valence electrons. The van der Waals surface area contributed by atoms with E-state index in [0.717, 1.165) is 17.9 Å². The minimum atomic E-state index is -3.85. The number of amides is 1. The lowest BCUT2D eigenvalue weighted by Gasteiger charge is -2.26. The van der Waals surface area contributed by atoms with Crippen LogP contribution < -0.4 is 5.32 Å². The van der Waals surface area contributed by atoms with Gasteiger partial charge in [0.05, 0.1) is 10.4 Å². The van der Waals surface area contributed by atoms with E-state index in [2.05, 4.69) is 5.32 Å². The second-order valence-corrected chi connectivity index (χ2v) is 10.8. The van der Waals surface area contributed by atoms with Gasteiger partial charge in [-0.05, 0) is 48.9 Å². The highest BCUT2D eigenvalue weighted by atomic mass is 32.2. The molecule has 1 aliphatic rings. The van der Waals surface area contributed by atoms with E-state index < -0.39 is 33.8 Å². The molecule has 0 saturated carbocycles. The van der Waals surface area contributed by atoms with E-state index in [1.807, 2.05) is 30.3 Å². The predicted molar refractivity (Wildman–Crippen MR) is 128 cm³/mol. The van der Waals surface area contributed by atoms with Crippen LogP contribution in [0.1, 0.15) is 42.6 Å². The van der Waals surface area contributed by atoms with Gasteiger partial charge in [0, 0.05) is 23.4 Å². The van der Waals surface area contributed by atoms with E-state index >= 15 is 0 Å². The molecule has 1 unspecified atom stereocenters. The molecule has 0 bridgehead atoms. The molecule has 2 atom stereocenters. The average Bonchev–Trinajstić information content (AvgIpc) is 3.11. The first-order valence-electron chi connectivity index (χ1n) is 11.4. The smallest absolute Gasteiger partial charge is 0.407 e. The van der Waals surface area contributed by atoms with Crippen molar-refractivity contribution in [1.29, 1.82) is 0 Å². The number of nitrogens with one attached hydrogen (secondary N) is 1. The average molecular weight is 503 g/mol. The van der Waals surface area contributed by atoms with Crippen LogP contribution in [-0.2, 0) is 38.8 Å². The van der Waals surface area contributed by atoms with Gasteiger partial charge in [-0.1, -0.05) is 37.3 Å². The number of rotatable bonds is 7. The van der Waals surface area contributed by atoms with Gasteiger partial charge in [0.15, 0.2) is 9.84 Å². The molecular weight excluding hydrogens is 475 g/mol. The highest BCUT2D eigenvalue weighted by Crippen LogP contribution is 2.39. The van der Waals surface area contributed by atoms with Crippen LogP contribution in [0, 0.1) is 5.82 Å². The molecule has 3 aromatic rings. The van der Waals surface area contributed by atoms with Gasteiger partial charge in [-0.25, -0.2) is 22.4 Å². The highest BCUT2D eigenvalue weighted by molar-refractivity contribution is 7.91. The summed E-state index contributed by atoms with van der Waals surface area (Å²) in [5.41, 5.74) is 2.34. The quantitative estimate of drug-likeness (QED) is 0.505. The van der Waals surface area contributed by atoms with Crippen molar-refractivity contribution >= 4 is 32.8 Å². The molecule has 4 rings (SSSR count). The summed E-state index contributed by atoms with van der Waals surface area (Å²) in [6, 6.07) is 10.1. The lowest BCUT2D eigenvalue weighted by molar-refractivity contribution is -0.140. The minimum absolute atomic E-state index is 0.115. The van der Waals surface area contributed by atoms with Crippen LogP contribution in [0.2, 0.25) is 0 Å². The van der Waals surface area contributed by atoms with Crippen molar-refractivity contribution in [1.82, 2.24) is 9.88 Å². The van der Waals surface area contributed by atoms with Crippen molar-refractivity contribution in [3.63, 3.8) is 0 Å². The van der Waals surface area contributed by atoms with Crippen molar-refractivity contribution in [3.05, 3.63) is 65.1 Å². The molecule has 0 fully saturated rings. The number of nitrogens with zero attached hydrogens (tertiary/aromatic N) is 1. The predicted octanol–water partition coefficient (Wildman–Crippen LogP) is 4.00. The molecule has 1 aliphatic carbocycles. The fourth-order valence-electron chi connectivity index (χ4n) is 4.80. The molecule has 0 aliphatic heterocycles. The zero-order valence-corrected chi connectivity index (χ0v) is 20.3. The number of alkyl carbamates (subject to hydrolysis) is 1. The van der Waals surface area contributed by atoms with Crippen molar-refractivity contribution in [2.24, 2.45) is 0 Å². The summed E-state index contributed by atoms with van der Waals surface area (Å²) in [5, 5.41) is 13.0. The Kier molecular flexibility index (Phi) is 6.84. The first-order valence-corrected chi connectivity index (χ1v) is 13.2. The number of halogens is 1. The molecule has 0 spiro atoms. The maximum Gasteiger partial charge on any atom is 0.407 e. The first kappa shape index (κ1) is 24.7. The SMILES string of the molecule is CCC(C(=O)O)n1c2c(c3cc(F)cc(S(C)(=O)=O)c31)C[C@@H](NC(=O)OCc1ccccc1)CC2. The summed E-state index contributed by atoms with van der Waals surface area (Å²) in [6.07, 6.45) is 1.79. The fourth-order valence-corrected chi connectivity index (χ4v) is 5.68. The van der Waals surface area contributed by atoms with Crippen LogP contribution in [0.4, 0.5) is 9.18 Å². The van der Waals surface area contributed by atoms with Gasteiger partial charge < -0.3 is 19.7 Å². The number of aliphatic carboxylic acids is 1. The summed E-state index contributed by atoms with van der Waals surface area (Å²) in [6.45, 7) is 1.82. The Morgan fingerprint density at radius 2 is 1.97 bits per heavy atom. The fraction of sp³-hybridized carbons (Fsp3) is 0.360. The lowest BCUT2D eigenvalue weighted by Crippen LogP contribution is -2.39. The first-order chi connectivity index (χ1) is 16.6. The van der Waals surface area contributed by atoms with Gasteiger partial charge in [-0.15, -0.1) is 0 Å². The summed E-state index contributed by atoms with van der Waals surface area (Å²) in [7, 11) is -3.85. The van der Waals surface area contributed by atoms with Gasteiger partial charge >= 0.3 is 12.1 Å². The largest absolute Gasteiger partial charge is 0.480 e. The number of hydrogen-bond donors (Lipinski definition) is 2. The number of benzene rings is 2. The monoisotopic (exact) mass is 502 g/mol. The second-order valence-electron chi connectivity index (χ2n) is 8.78. The number of ether oxygens (including phenoxy) is 1. The van der Waals surface area contributed by atoms with Gasteiger partial charge in [0.1, 0.15) is 18.5 Å². The summed E-state index contributed by atoms with van der Waals surface area (Å²) in [4.78, 5) is 24.2. The normalized spacial score (nSPS) is 16.5. The Morgan fingerprint density at radius 1 is 1.26 bits per heavy atom. The van der Waals surface area contributed by atoms with E-state index in [-0.39, 0.29) is 29.5 Å². The van der Waals surface area contributed by atoms with Crippen LogP contribution in [0.3, 0.4) is 0 Å². The maximum absolute atomic E-state index is 14.5. The Morgan fingerprint density at radius 3 is 2.60 bits per heavy atom. The summed E-state index contributed by atoms with van der Waals surface area (Å²) < 4.78 is 46.5. The number of carboxylic acids is 1. The molecule has 1 aromatic heterocycles. The van der Waals surface area contributed by atoms with Crippen molar-refractivity contribution in [3.8, 4) is 0 Å². The Bertz CT molecular complexity index is 1380. The van der Waals surface area contributed by atoms with E-state index in [1.54, 1.807) is 6.92 Å². The molecule has 1 amide bonds. The molecular formula is C25H27FN2O6S. The van der Waals surface area contributed by atoms with E-state index in [9.17, 15) is 27.5 Å². The van der Waals surface area contributed by atoms with Crippen molar-refractivity contribution < 1.29 is 32.2 Å². The molecule has 1 heterocycles. The standard InChI is InChI=1S/C25H27FN2O6S/c1-3-20(24(29)30)28-21-10-9-17(27-25(31)34-14-15-7-5-4-6-8-15)13-18(21)19-11-16(26)12-22(23(19)28)35(2,32)33/h4-8,11-12,17,20H,3,9-10,13-14H2,1-2H3,(H,27,31)(H,29,30)/t17-,20?/m0/s1. The molecule has 0 radical (unpaired) electrons. The molecule has 2 N–H and O–H groups in total. The van der Waals surface area contributed by atoms with Gasteiger partial charge in [0.25, 0.3) is 0 Å². The zero-order valence-electron chi connectivity index (χ0n) is 19.5. The van der Waals surface area contributed by atoms with Gasteiger partial charge in [-0.2, -0.15) is 0 Å². The third-order valence-corrected chi connectivity index (χ3v) is 7.45. The van der Waals surface area contributed by atoms with Crippen LogP contribution >= 0.6 is 0 Å². The number of hydrogen-bond acceptors (Lipinski definition) is 5. The van der Waals surface area contributed by atoms with E-state index in [4.69, 9.17) is 4.74 Å². The van der Waals surface area contributed by atoms with Gasteiger partial charge in [0.2, 0.25) is 0 Å². The molecule has 2 aromatic carbocycles. The second kappa shape index (κ2) is 9.69. The third-order valence-electron chi connectivity index (χ3n) is 6.34. The van der Waals surface area contributed by atoms with E-state index in [1.165, 1.54) is 10.6 Å². The van der Waals surface area contributed by atoms with Crippen molar-refractivity contribution in [2.45, 2.75) is 56.2 Å². The number of sulfone groups is 1. The summed E-state index contributed by atoms with van der Waals surface area (Å²) >= 11 is 0.